The van der Waals surface area contributed by atoms with E-state index in [0.29, 0.717) is 23.0 Å². The number of aromatic nitrogens is 2. The SMILES string of the molecule is Cc1nn(-c2ccc(F)cc2)c(Cl)c1C(=O)NC1CCN(C2CCCCCC2)C1. The van der Waals surface area contributed by atoms with Gasteiger partial charge in [0.1, 0.15) is 11.0 Å². The third-order valence-corrected chi connectivity index (χ3v) is 6.55. The molecule has 1 atom stereocenters. The standard InChI is InChI=1S/C22H28ClFN4O/c1-15-20(21(23)28(26-15)19-10-8-16(24)9-11-19)22(29)25-17-12-13-27(14-17)18-6-4-2-3-5-7-18/h8-11,17-18H,2-7,12-14H2,1H3,(H,25,29). The highest BCUT2D eigenvalue weighted by atomic mass is 35.5. The van der Waals surface area contributed by atoms with Gasteiger partial charge in [0.15, 0.2) is 0 Å². The Bertz CT molecular complexity index is 858. The Balaban J connectivity index is 1.43. The van der Waals surface area contributed by atoms with Crippen molar-refractivity contribution in [1.29, 1.82) is 0 Å². The van der Waals surface area contributed by atoms with Crippen molar-refractivity contribution in [3.8, 4) is 5.69 Å². The van der Waals surface area contributed by atoms with E-state index >= 15 is 0 Å². The van der Waals surface area contributed by atoms with Gasteiger partial charge in [0.05, 0.1) is 16.9 Å². The second-order valence-electron chi connectivity index (χ2n) is 8.24. The van der Waals surface area contributed by atoms with Crippen molar-refractivity contribution in [2.75, 3.05) is 13.1 Å². The summed E-state index contributed by atoms with van der Waals surface area (Å²) in [6.45, 7) is 3.71. The van der Waals surface area contributed by atoms with Crippen LogP contribution in [0.1, 0.15) is 61.0 Å². The van der Waals surface area contributed by atoms with Crippen molar-refractivity contribution in [2.45, 2.75) is 64.0 Å². The molecule has 2 heterocycles. The van der Waals surface area contributed by atoms with Crippen LogP contribution in [0.4, 0.5) is 4.39 Å². The minimum Gasteiger partial charge on any atom is -0.348 e. The molecule has 2 aliphatic rings. The Hall–Kier alpha value is -1.92. The number of hydrogen-bond acceptors (Lipinski definition) is 3. The van der Waals surface area contributed by atoms with Crippen LogP contribution in [0, 0.1) is 12.7 Å². The lowest BCUT2D eigenvalue weighted by Crippen LogP contribution is -2.40. The van der Waals surface area contributed by atoms with Crippen LogP contribution >= 0.6 is 11.6 Å². The molecule has 0 bridgehead atoms. The highest BCUT2D eigenvalue weighted by molar-refractivity contribution is 6.33. The maximum Gasteiger partial charge on any atom is 0.256 e. The summed E-state index contributed by atoms with van der Waals surface area (Å²) in [5.41, 5.74) is 1.58. The van der Waals surface area contributed by atoms with E-state index in [1.54, 1.807) is 19.1 Å². The van der Waals surface area contributed by atoms with E-state index in [-0.39, 0.29) is 22.9 Å². The number of amides is 1. The Morgan fingerprint density at radius 1 is 1.14 bits per heavy atom. The first-order chi connectivity index (χ1) is 14.0. The normalized spacial score (nSPS) is 21.3. The highest BCUT2D eigenvalue weighted by Crippen LogP contribution is 2.27. The average molecular weight is 419 g/mol. The lowest BCUT2D eigenvalue weighted by molar-refractivity contribution is 0.0935. The molecule has 7 heteroatoms. The Kier molecular flexibility index (Phi) is 6.20. The van der Waals surface area contributed by atoms with Crippen molar-refractivity contribution in [1.82, 2.24) is 20.0 Å². The van der Waals surface area contributed by atoms with Crippen molar-refractivity contribution >= 4 is 17.5 Å². The van der Waals surface area contributed by atoms with Gasteiger partial charge < -0.3 is 5.32 Å². The molecular weight excluding hydrogens is 391 g/mol. The number of aryl methyl sites for hydroxylation is 1. The van der Waals surface area contributed by atoms with E-state index in [1.807, 2.05) is 0 Å². The third-order valence-electron chi connectivity index (χ3n) is 6.20. The minimum absolute atomic E-state index is 0.135. The van der Waals surface area contributed by atoms with Crippen molar-refractivity contribution < 1.29 is 9.18 Å². The average Bonchev–Trinajstić information content (AvgIpc) is 3.15. The zero-order valence-electron chi connectivity index (χ0n) is 16.8. The lowest BCUT2D eigenvalue weighted by Gasteiger charge is -2.26. The summed E-state index contributed by atoms with van der Waals surface area (Å²) in [6.07, 6.45) is 8.84. The number of rotatable bonds is 4. The number of carbonyl (C=O) groups is 1. The highest BCUT2D eigenvalue weighted by Gasteiger charge is 2.31. The number of benzene rings is 1. The smallest absolute Gasteiger partial charge is 0.256 e. The zero-order chi connectivity index (χ0) is 20.4. The van der Waals surface area contributed by atoms with E-state index in [1.165, 1.54) is 55.3 Å². The quantitative estimate of drug-likeness (QED) is 0.743. The fraction of sp³-hybridized carbons (Fsp3) is 0.545. The zero-order valence-corrected chi connectivity index (χ0v) is 17.6. The lowest BCUT2D eigenvalue weighted by atomic mass is 10.1. The van der Waals surface area contributed by atoms with E-state index < -0.39 is 0 Å². The van der Waals surface area contributed by atoms with Crippen LogP contribution in [0.2, 0.25) is 5.15 Å². The van der Waals surface area contributed by atoms with Gasteiger partial charge >= 0.3 is 0 Å². The molecule has 4 rings (SSSR count). The van der Waals surface area contributed by atoms with Gasteiger partial charge in [-0.2, -0.15) is 5.10 Å². The summed E-state index contributed by atoms with van der Waals surface area (Å²) >= 11 is 6.49. The topological polar surface area (TPSA) is 50.2 Å². The molecule has 1 saturated heterocycles. The van der Waals surface area contributed by atoms with Crippen molar-refractivity contribution in [3.63, 3.8) is 0 Å². The molecule has 1 aliphatic carbocycles. The summed E-state index contributed by atoms with van der Waals surface area (Å²) in [7, 11) is 0. The molecular formula is C22H28ClFN4O. The summed E-state index contributed by atoms with van der Waals surface area (Å²) in [6, 6.07) is 6.68. The molecule has 1 aromatic heterocycles. The van der Waals surface area contributed by atoms with E-state index in [0.717, 1.165) is 19.5 Å². The molecule has 1 amide bonds. The van der Waals surface area contributed by atoms with Gasteiger partial charge in [-0.25, -0.2) is 9.07 Å². The predicted octanol–water partition coefficient (Wildman–Crippen LogP) is 4.50. The van der Waals surface area contributed by atoms with E-state index in [2.05, 4.69) is 15.3 Å². The fourth-order valence-corrected chi connectivity index (χ4v) is 4.99. The number of carbonyl (C=O) groups excluding carboxylic acids is 1. The molecule has 1 N–H and O–H groups in total. The summed E-state index contributed by atoms with van der Waals surface area (Å²) in [5, 5.41) is 7.81. The third kappa shape index (κ3) is 4.48. The van der Waals surface area contributed by atoms with Gasteiger partial charge in [-0.05, 0) is 50.5 Å². The van der Waals surface area contributed by atoms with Crippen LogP contribution in [-0.4, -0.2) is 45.8 Å². The first kappa shape index (κ1) is 20.4. The molecule has 1 aromatic carbocycles. The van der Waals surface area contributed by atoms with Crippen LogP contribution in [0.25, 0.3) is 5.69 Å². The monoisotopic (exact) mass is 418 g/mol. The van der Waals surface area contributed by atoms with Crippen LogP contribution in [0.5, 0.6) is 0 Å². The van der Waals surface area contributed by atoms with Gasteiger partial charge in [0.25, 0.3) is 5.91 Å². The molecule has 156 valence electrons. The fourth-order valence-electron chi connectivity index (χ4n) is 4.63. The number of nitrogens with one attached hydrogen (secondary N) is 1. The van der Waals surface area contributed by atoms with Gasteiger partial charge in [0.2, 0.25) is 0 Å². The number of likely N-dealkylation sites (tertiary alicyclic amines) is 1. The Labute approximate surface area is 176 Å². The molecule has 1 saturated carbocycles. The van der Waals surface area contributed by atoms with Gasteiger partial charge in [0, 0.05) is 25.2 Å². The largest absolute Gasteiger partial charge is 0.348 e. The molecule has 0 radical (unpaired) electrons. The molecule has 2 fully saturated rings. The molecule has 2 aromatic rings. The van der Waals surface area contributed by atoms with Crippen molar-refractivity contribution in [3.05, 3.63) is 46.5 Å². The van der Waals surface area contributed by atoms with Crippen LogP contribution in [-0.2, 0) is 0 Å². The molecule has 0 spiro atoms. The summed E-state index contributed by atoms with van der Waals surface area (Å²) in [4.78, 5) is 15.5. The maximum absolute atomic E-state index is 13.2. The van der Waals surface area contributed by atoms with E-state index in [4.69, 9.17) is 11.6 Å². The first-order valence-electron chi connectivity index (χ1n) is 10.6. The molecule has 1 aliphatic heterocycles. The van der Waals surface area contributed by atoms with Gasteiger partial charge in [-0.15, -0.1) is 0 Å². The van der Waals surface area contributed by atoms with Crippen molar-refractivity contribution in [2.24, 2.45) is 0 Å². The second kappa shape index (κ2) is 8.84. The van der Waals surface area contributed by atoms with Gasteiger partial charge in [-0.3, -0.25) is 9.69 Å². The van der Waals surface area contributed by atoms with Crippen LogP contribution in [0.15, 0.2) is 24.3 Å². The summed E-state index contributed by atoms with van der Waals surface area (Å²) in [5.74, 6) is -0.514. The van der Waals surface area contributed by atoms with E-state index in [9.17, 15) is 9.18 Å². The first-order valence-corrected chi connectivity index (χ1v) is 11.0. The number of nitrogens with zero attached hydrogens (tertiary/aromatic N) is 3. The summed E-state index contributed by atoms with van der Waals surface area (Å²) < 4.78 is 14.7. The Morgan fingerprint density at radius 2 is 1.83 bits per heavy atom. The van der Waals surface area contributed by atoms with Crippen LogP contribution < -0.4 is 5.32 Å². The predicted molar refractivity (Wildman–Crippen MR) is 112 cm³/mol. The minimum atomic E-state index is -0.328. The number of hydrogen-bond donors (Lipinski definition) is 1. The second-order valence-corrected chi connectivity index (χ2v) is 8.60. The number of halogens is 2. The Morgan fingerprint density at radius 3 is 2.52 bits per heavy atom. The molecule has 5 nitrogen and oxygen atoms in total. The molecule has 1 unspecified atom stereocenters. The molecule has 29 heavy (non-hydrogen) atoms. The van der Waals surface area contributed by atoms with Gasteiger partial charge in [-0.1, -0.05) is 37.3 Å². The maximum atomic E-state index is 13.2. The van der Waals surface area contributed by atoms with Crippen LogP contribution in [0.3, 0.4) is 0 Å².